The molecule has 0 amide bonds. The number of ether oxygens (including phenoxy) is 1. The Labute approximate surface area is 111 Å². The fourth-order valence-corrected chi connectivity index (χ4v) is 1.86. The molecule has 0 aliphatic carbocycles. The number of methoxy groups -OCH3 is 1. The summed E-state index contributed by atoms with van der Waals surface area (Å²) in [6.45, 7) is 2.79. The summed E-state index contributed by atoms with van der Waals surface area (Å²) < 4.78 is 18.3. The lowest BCUT2D eigenvalue weighted by Crippen LogP contribution is -2.28. The van der Waals surface area contributed by atoms with Crippen LogP contribution in [0.4, 0.5) is 4.39 Å². The molecule has 0 spiro atoms. The Morgan fingerprint density at radius 1 is 1.35 bits per heavy atom. The Bertz CT molecular complexity index is 349. The number of benzene rings is 1. The summed E-state index contributed by atoms with van der Waals surface area (Å²) in [5.41, 5.74) is 0.883. The van der Waals surface area contributed by atoms with Crippen molar-refractivity contribution in [3.63, 3.8) is 0 Å². The van der Waals surface area contributed by atoms with Gasteiger partial charge in [0.05, 0.1) is 11.6 Å². The van der Waals surface area contributed by atoms with E-state index >= 15 is 0 Å². The van der Waals surface area contributed by atoms with Crippen LogP contribution in [0.25, 0.3) is 0 Å². The summed E-state index contributed by atoms with van der Waals surface area (Å²) in [6.07, 6.45) is 0. The van der Waals surface area contributed by atoms with Crippen LogP contribution in [-0.4, -0.2) is 37.6 Å². The van der Waals surface area contributed by atoms with Crippen molar-refractivity contribution in [2.75, 3.05) is 32.7 Å². The van der Waals surface area contributed by atoms with E-state index in [0.717, 1.165) is 18.7 Å². The zero-order valence-corrected chi connectivity index (χ0v) is 11.3. The predicted octanol–water partition coefficient (Wildman–Crippen LogP) is 3.17. The van der Waals surface area contributed by atoms with E-state index in [1.165, 1.54) is 6.07 Å². The van der Waals surface area contributed by atoms with Crippen LogP contribution in [0.5, 0.6) is 0 Å². The number of hydrogen-bond acceptors (Lipinski definition) is 2. The van der Waals surface area contributed by atoms with Crippen LogP contribution in [0.1, 0.15) is 5.56 Å². The molecule has 0 radical (unpaired) electrons. The summed E-state index contributed by atoms with van der Waals surface area (Å²) >= 11 is 11.4. The highest BCUT2D eigenvalue weighted by atomic mass is 35.5. The average molecular weight is 280 g/mol. The molecular weight excluding hydrogens is 264 g/mol. The fraction of sp³-hybridized carbons (Fsp3) is 0.500. The maximum atomic E-state index is 13.3. The van der Waals surface area contributed by atoms with Crippen molar-refractivity contribution in [1.29, 1.82) is 0 Å². The Balaban J connectivity index is 2.61. The van der Waals surface area contributed by atoms with Gasteiger partial charge in [-0.05, 0) is 17.7 Å². The van der Waals surface area contributed by atoms with E-state index in [-0.39, 0.29) is 10.8 Å². The van der Waals surface area contributed by atoms with Gasteiger partial charge < -0.3 is 4.74 Å². The number of alkyl halides is 1. The molecule has 0 N–H and O–H groups in total. The zero-order valence-electron chi connectivity index (χ0n) is 9.76. The lowest BCUT2D eigenvalue weighted by Gasteiger charge is -2.20. The summed E-state index contributed by atoms with van der Waals surface area (Å²) in [4.78, 5) is 2.11. The van der Waals surface area contributed by atoms with Gasteiger partial charge in [-0.3, -0.25) is 4.90 Å². The van der Waals surface area contributed by atoms with E-state index in [0.29, 0.717) is 19.0 Å². The van der Waals surface area contributed by atoms with Crippen molar-refractivity contribution >= 4 is 23.2 Å². The SMILES string of the molecule is COCCN(CCCl)Cc1ccc(Cl)c(F)c1. The van der Waals surface area contributed by atoms with E-state index in [2.05, 4.69) is 4.90 Å². The molecule has 0 atom stereocenters. The van der Waals surface area contributed by atoms with Crippen molar-refractivity contribution in [1.82, 2.24) is 4.90 Å². The molecule has 0 bridgehead atoms. The Morgan fingerprint density at radius 2 is 2.12 bits per heavy atom. The molecule has 0 aliphatic heterocycles. The van der Waals surface area contributed by atoms with Gasteiger partial charge in [-0.1, -0.05) is 17.7 Å². The van der Waals surface area contributed by atoms with E-state index < -0.39 is 0 Å². The van der Waals surface area contributed by atoms with Crippen LogP contribution in [0.2, 0.25) is 5.02 Å². The van der Waals surface area contributed by atoms with E-state index in [4.69, 9.17) is 27.9 Å². The van der Waals surface area contributed by atoms with Gasteiger partial charge in [0.15, 0.2) is 0 Å². The molecule has 0 aliphatic rings. The van der Waals surface area contributed by atoms with E-state index in [1.54, 1.807) is 13.2 Å². The van der Waals surface area contributed by atoms with Crippen LogP contribution < -0.4 is 0 Å². The zero-order chi connectivity index (χ0) is 12.7. The number of nitrogens with zero attached hydrogens (tertiary/aromatic N) is 1. The number of rotatable bonds is 7. The molecule has 0 saturated heterocycles. The number of hydrogen-bond donors (Lipinski definition) is 0. The van der Waals surface area contributed by atoms with E-state index in [1.807, 2.05) is 6.07 Å². The first-order valence-corrected chi connectivity index (χ1v) is 6.29. The van der Waals surface area contributed by atoms with Crippen molar-refractivity contribution in [3.05, 3.63) is 34.6 Å². The van der Waals surface area contributed by atoms with Crippen molar-refractivity contribution in [2.24, 2.45) is 0 Å². The molecule has 0 fully saturated rings. The monoisotopic (exact) mass is 279 g/mol. The second-order valence-electron chi connectivity index (χ2n) is 3.71. The molecule has 5 heteroatoms. The molecule has 17 heavy (non-hydrogen) atoms. The standard InChI is InChI=1S/C12H16Cl2FNO/c1-17-7-6-16(5-4-13)9-10-2-3-11(14)12(15)8-10/h2-3,8H,4-7,9H2,1H3. The van der Waals surface area contributed by atoms with Crippen molar-refractivity contribution < 1.29 is 9.13 Å². The Morgan fingerprint density at radius 3 is 2.71 bits per heavy atom. The molecular formula is C12H16Cl2FNO. The van der Waals surface area contributed by atoms with Gasteiger partial charge in [0.2, 0.25) is 0 Å². The van der Waals surface area contributed by atoms with Gasteiger partial charge >= 0.3 is 0 Å². The smallest absolute Gasteiger partial charge is 0.142 e. The topological polar surface area (TPSA) is 12.5 Å². The van der Waals surface area contributed by atoms with E-state index in [9.17, 15) is 4.39 Å². The summed E-state index contributed by atoms with van der Waals surface area (Å²) in [5.74, 6) is 0.154. The molecule has 0 saturated carbocycles. The first-order valence-electron chi connectivity index (χ1n) is 5.38. The van der Waals surface area contributed by atoms with Gasteiger partial charge in [0.25, 0.3) is 0 Å². The lowest BCUT2D eigenvalue weighted by molar-refractivity contribution is 0.148. The number of halogens is 3. The fourth-order valence-electron chi connectivity index (χ4n) is 1.51. The largest absolute Gasteiger partial charge is 0.383 e. The lowest BCUT2D eigenvalue weighted by atomic mass is 10.2. The molecule has 96 valence electrons. The van der Waals surface area contributed by atoms with Crippen LogP contribution in [0.3, 0.4) is 0 Å². The van der Waals surface area contributed by atoms with Crippen LogP contribution in [0, 0.1) is 5.82 Å². The maximum Gasteiger partial charge on any atom is 0.142 e. The first kappa shape index (κ1) is 14.7. The second-order valence-corrected chi connectivity index (χ2v) is 4.49. The third-order valence-electron chi connectivity index (χ3n) is 2.40. The van der Waals surface area contributed by atoms with Crippen LogP contribution >= 0.6 is 23.2 Å². The highest BCUT2D eigenvalue weighted by molar-refractivity contribution is 6.30. The van der Waals surface area contributed by atoms with Crippen LogP contribution in [0.15, 0.2) is 18.2 Å². The maximum absolute atomic E-state index is 13.3. The first-order chi connectivity index (χ1) is 8.17. The van der Waals surface area contributed by atoms with Gasteiger partial charge in [0, 0.05) is 32.6 Å². The summed E-state index contributed by atoms with van der Waals surface area (Å²) in [6, 6.07) is 4.84. The highest BCUT2D eigenvalue weighted by Crippen LogP contribution is 2.16. The van der Waals surface area contributed by atoms with Crippen LogP contribution in [-0.2, 0) is 11.3 Å². The van der Waals surface area contributed by atoms with Gasteiger partial charge in [-0.25, -0.2) is 4.39 Å². The average Bonchev–Trinajstić information content (AvgIpc) is 2.31. The predicted molar refractivity (Wildman–Crippen MR) is 69.3 cm³/mol. The molecule has 0 heterocycles. The van der Waals surface area contributed by atoms with Gasteiger partial charge in [0.1, 0.15) is 5.82 Å². The van der Waals surface area contributed by atoms with Crippen molar-refractivity contribution in [2.45, 2.75) is 6.54 Å². The Hall–Kier alpha value is -0.350. The highest BCUT2D eigenvalue weighted by Gasteiger charge is 2.07. The molecule has 0 aromatic heterocycles. The molecule has 2 nitrogen and oxygen atoms in total. The minimum absolute atomic E-state index is 0.148. The van der Waals surface area contributed by atoms with Crippen molar-refractivity contribution in [3.8, 4) is 0 Å². The molecule has 1 rings (SSSR count). The third-order valence-corrected chi connectivity index (χ3v) is 2.88. The molecule has 1 aromatic rings. The minimum Gasteiger partial charge on any atom is -0.383 e. The molecule has 0 unspecified atom stereocenters. The quantitative estimate of drug-likeness (QED) is 0.711. The summed E-state index contributed by atoms with van der Waals surface area (Å²) in [5, 5.41) is 0.148. The van der Waals surface area contributed by atoms with Gasteiger partial charge in [-0.2, -0.15) is 0 Å². The Kier molecular flexibility index (Phi) is 6.82. The molecule has 1 aromatic carbocycles. The van der Waals surface area contributed by atoms with Gasteiger partial charge in [-0.15, -0.1) is 11.6 Å². The summed E-state index contributed by atoms with van der Waals surface area (Å²) in [7, 11) is 1.65. The normalized spacial score (nSPS) is 11.1. The third kappa shape index (κ3) is 5.21. The second kappa shape index (κ2) is 7.88. The minimum atomic E-state index is -0.387.